The van der Waals surface area contributed by atoms with E-state index >= 15 is 0 Å². The van der Waals surface area contributed by atoms with Gasteiger partial charge in [-0.25, -0.2) is 0 Å². The van der Waals surface area contributed by atoms with Crippen LogP contribution in [0.25, 0.3) is 0 Å². The lowest BCUT2D eigenvalue weighted by Gasteiger charge is -2.23. The highest BCUT2D eigenvalue weighted by Crippen LogP contribution is 2.27. The van der Waals surface area contributed by atoms with Crippen LogP contribution < -0.4 is 0 Å². The molecule has 1 heteroatoms. The SMILES string of the molecule is C[C@@H](CC[C@@H](C)C=O)CC(C)(C)C. The Hall–Kier alpha value is -0.330. The Morgan fingerprint density at radius 1 is 1.15 bits per heavy atom. The number of carbonyl (C=O) groups is 1. The van der Waals surface area contributed by atoms with Crippen LogP contribution in [-0.2, 0) is 4.79 Å². The van der Waals surface area contributed by atoms with Gasteiger partial charge >= 0.3 is 0 Å². The molecule has 1 nitrogen and oxygen atoms in total. The first-order valence-corrected chi connectivity index (χ1v) is 5.30. The normalized spacial score (nSPS) is 16.7. The standard InChI is InChI=1S/C12H24O/c1-10(8-12(3,4)5)6-7-11(2)9-13/h9-11H,6-8H2,1-5H3/t10-,11+/m0/s1. The monoisotopic (exact) mass is 184 g/mol. The van der Waals surface area contributed by atoms with E-state index in [1.807, 2.05) is 6.92 Å². The largest absolute Gasteiger partial charge is 0.303 e. The Bertz CT molecular complexity index is 144. The summed E-state index contributed by atoms with van der Waals surface area (Å²) in [7, 11) is 0. The molecule has 0 rings (SSSR count). The minimum absolute atomic E-state index is 0.238. The lowest BCUT2D eigenvalue weighted by Crippen LogP contribution is -2.12. The molecule has 0 saturated heterocycles. The molecule has 0 unspecified atom stereocenters. The van der Waals surface area contributed by atoms with Crippen molar-refractivity contribution in [3.8, 4) is 0 Å². The minimum atomic E-state index is 0.238. The fraction of sp³-hybridized carbons (Fsp3) is 0.917. The van der Waals surface area contributed by atoms with Gasteiger partial charge in [0.05, 0.1) is 0 Å². The molecule has 0 amide bonds. The van der Waals surface area contributed by atoms with Crippen molar-refractivity contribution in [1.29, 1.82) is 0 Å². The summed E-state index contributed by atoms with van der Waals surface area (Å²) in [5, 5.41) is 0. The van der Waals surface area contributed by atoms with Crippen molar-refractivity contribution in [3.05, 3.63) is 0 Å². The van der Waals surface area contributed by atoms with Crippen molar-refractivity contribution in [1.82, 2.24) is 0 Å². The van der Waals surface area contributed by atoms with Crippen molar-refractivity contribution in [2.24, 2.45) is 17.3 Å². The lowest BCUT2D eigenvalue weighted by atomic mass is 9.83. The molecule has 0 saturated carbocycles. The van der Waals surface area contributed by atoms with Crippen LogP contribution in [0, 0.1) is 17.3 Å². The van der Waals surface area contributed by atoms with Crippen LogP contribution in [0.5, 0.6) is 0 Å². The second kappa shape index (κ2) is 5.41. The van der Waals surface area contributed by atoms with Gasteiger partial charge in [0.15, 0.2) is 0 Å². The first-order chi connectivity index (χ1) is 5.85. The zero-order valence-electron chi connectivity index (χ0n) is 9.76. The summed E-state index contributed by atoms with van der Waals surface area (Å²) in [5.74, 6) is 0.977. The molecule has 0 bridgehead atoms. The van der Waals surface area contributed by atoms with E-state index in [9.17, 15) is 4.79 Å². The van der Waals surface area contributed by atoms with Crippen molar-refractivity contribution in [2.75, 3.05) is 0 Å². The van der Waals surface area contributed by atoms with E-state index in [2.05, 4.69) is 27.7 Å². The maximum atomic E-state index is 10.4. The van der Waals surface area contributed by atoms with E-state index in [4.69, 9.17) is 0 Å². The third-order valence-electron chi connectivity index (χ3n) is 2.31. The highest BCUT2D eigenvalue weighted by atomic mass is 16.1. The second-order valence-corrected chi connectivity index (χ2v) is 5.56. The number of carbonyl (C=O) groups excluding carboxylic acids is 1. The first kappa shape index (κ1) is 12.7. The minimum Gasteiger partial charge on any atom is -0.303 e. The van der Waals surface area contributed by atoms with Crippen molar-refractivity contribution < 1.29 is 4.79 Å². The average molecular weight is 184 g/mol. The van der Waals surface area contributed by atoms with E-state index in [-0.39, 0.29) is 5.92 Å². The second-order valence-electron chi connectivity index (χ2n) is 5.56. The van der Waals surface area contributed by atoms with Crippen LogP contribution >= 0.6 is 0 Å². The molecule has 0 spiro atoms. The lowest BCUT2D eigenvalue weighted by molar-refractivity contribution is -0.110. The molecule has 0 aliphatic carbocycles. The number of hydrogen-bond acceptors (Lipinski definition) is 1. The zero-order valence-corrected chi connectivity index (χ0v) is 9.76. The van der Waals surface area contributed by atoms with Gasteiger partial charge in [-0.05, 0) is 24.2 Å². The van der Waals surface area contributed by atoms with Gasteiger partial charge in [0.1, 0.15) is 6.29 Å². The molecule has 78 valence electrons. The Kier molecular flexibility index (Phi) is 5.27. The van der Waals surface area contributed by atoms with Crippen molar-refractivity contribution >= 4 is 6.29 Å². The summed E-state index contributed by atoms with van der Waals surface area (Å²) in [6.07, 6.45) is 4.53. The topological polar surface area (TPSA) is 17.1 Å². The summed E-state index contributed by atoms with van der Waals surface area (Å²) in [5.41, 5.74) is 0.420. The molecule has 0 aromatic heterocycles. The fourth-order valence-electron chi connectivity index (χ4n) is 1.76. The zero-order chi connectivity index (χ0) is 10.5. The van der Waals surface area contributed by atoms with Gasteiger partial charge in [-0.3, -0.25) is 0 Å². The number of aldehydes is 1. The number of hydrogen-bond donors (Lipinski definition) is 0. The third-order valence-corrected chi connectivity index (χ3v) is 2.31. The molecule has 2 atom stereocenters. The van der Waals surface area contributed by atoms with Gasteiger partial charge in [-0.15, -0.1) is 0 Å². The predicted octanol–water partition coefficient (Wildman–Crippen LogP) is 3.67. The summed E-state index contributed by atoms with van der Waals surface area (Å²) in [6.45, 7) is 11.1. The van der Waals surface area contributed by atoms with Gasteiger partial charge in [-0.1, -0.05) is 41.0 Å². The summed E-state index contributed by atoms with van der Waals surface area (Å²) in [4.78, 5) is 10.4. The van der Waals surface area contributed by atoms with E-state index in [1.165, 1.54) is 12.8 Å². The molecule has 0 N–H and O–H groups in total. The van der Waals surface area contributed by atoms with Crippen molar-refractivity contribution in [2.45, 2.75) is 53.9 Å². The molecule has 0 aliphatic heterocycles. The summed E-state index contributed by atoms with van der Waals surface area (Å²) in [6, 6.07) is 0. The number of rotatable bonds is 5. The Labute approximate surface area is 82.9 Å². The molecule has 0 aromatic carbocycles. The molecule has 0 fully saturated rings. The smallest absolute Gasteiger partial charge is 0.122 e. The van der Waals surface area contributed by atoms with Gasteiger partial charge in [-0.2, -0.15) is 0 Å². The maximum absolute atomic E-state index is 10.4. The highest BCUT2D eigenvalue weighted by molar-refractivity contribution is 5.52. The van der Waals surface area contributed by atoms with Crippen molar-refractivity contribution in [3.63, 3.8) is 0 Å². The summed E-state index contributed by atoms with van der Waals surface area (Å²) < 4.78 is 0. The van der Waals surface area contributed by atoms with Gasteiger partial charge in [0.25, 0.3) is 0 Å². The molecule has 0 aliphatic rings. The van der Waals surface area contributed by atoms with Gasteiger partial charge in [0.2, 0.25) is 0 Å². The van der Waals surface area contributed by atoms with Crippen LogP contribution in [0.4, 0.5) is 0 Å². The van der Waals surface area contributed by atoms with E-state index in [0.717, 1.165) is 18.6 Å². The Balaban J connectivity index is 3.63. The average Bonchev–Trinajstić information content (AvgIpc) is 1.97. The van der Waals surface area contributed by atoms with Crippen LogP contribution in [0.1, 0.15) is 53.9 Å². The van der Waals surface area contributed by atoms with Gasteiger partial charge < -0.3 is 4.79 Å². The fourth-order valence-corrected chi connectivity index (χ4v) is 1.76. The maximum Gasteiger partial charge on any atom is 0.122 e. The van der Waals surface area contributed by atoms with Crippen LogP contribution in [0.2, 0.25) is 0 Å². The van der Waals surface area contributed by atoms with E-state index in [0.29, 0.717) is 5.41 Å². The van der Waals surface area contributed by atoms with Crippen LogP contribution in [-0.4, -0.2) is 6.29 Å². The van der Waals surface area contributed by atoms with Crippen LogP contribution in [0.3, 0.4) is 0 Å². The predicted molar refractivity (Wildman–Crippen MR) is 57.7 cm³/mol. The van der Waals surface area contributed by atoms with Gasteiger partial charge in [0, 0.05) is 5.92 Å². The summed E-state index contributed by atoms with van der Waals surface area (Å²) >= 11 is 0. The molecular formula is C12H24O. The third kappa shape index (κ3) is 8.01. The van der Waals surface area contributed by atoms with Crippen LogP contribution in [0.15, 0.2) is 0 Å². The molecule has 0 heterocycles. The highest BCUT2D eigenvalue weighted by Gasteiger charge is 2.15. The molecule has 0 radical (unpaired) electrons. The van der Waals surface area contributed by atoms with E-state index < -0.39 is 0 Å². The Morgan fingerprint density at radius 3 is 2.08 bits per heavy atom. The Morgan fingerprint density at radius 2 is 1.69 bits per heavy atom. The quantitative estimate of drug-likeness (QED) is 0.596. The molecule has 13 heavy (non-hydrogen) atoms. The first-order valence-electron chi connectivity index (χ1n) is 5.30. The van der Waals surface area contributed by atoms with E-state index in [1.54, 1.807) is 0 Å². The molecule has 0 aromatic rings. The molecular weight excluding hydrogens is 160 g/mol.